The van der Waals surface area contributed by atoms with Crippen molar-refractivity contribution in [3.63, 3.8) is 0 Å². The van der Waals surface area contributed by atoms with Gasteiger partial charge in [-0.15, -0.1) is 0 Å². The summed E-state index contributed by atoms with van der Waals surface area (Å²) < 4.78 is 0. The van der Waals surface area contributed by atoms with Crippen molar-refractivity contribution in [1.82, 2.24) is 9.97 Å². The van der Waals surface area contributed by atoms with Gasteiger partial charge in [0.15, 0.2) is 0 Å². The standard InChI is InChI=1S/C10H18N4O2/c1-3-8-9(11-2)12-6-13-10(8)14-7(4-15)5-16/h6-7,15-16H,3-5H2,1-2H3,(H2,11,12,13,14). The Morgan fingerprint density at radius 3 is 2.38 bits per heavy atom. The molecule has 0 bridgehead atoms. The molecule has 6 nitrogen and oxygen atoms in total. The molecule has 1 aromatic heterocycles. The van der Waals surface area contributed by atoms with Crippen LogP contribution in [-0.2, 0) is 6.42 Å². The van der Waals surface area contributed by atoms with E-state index in [9.17, 15) is 0 Å². The second-order valence-corrected chi connectivity index (χ2v) is 3.36. The predicted octanol–water partition coefficient (Wildman–Crippen LogP) is -0.154. The lowest BCUT2D eigenvalue weighted by atomic mass is 10.2. The molecule has 0 fully saturated rings. The first kappa shape index (κ1) is 12.7. The van der Waals surface area contributed by atoms with Gasteiger partial charge in [0, 0.05) is 12.6 Å². The van der Waals surface area contributed by atoms with Crippen LogP contribution in [0.25, 0.3) is 0 Å². The fourth-order valence-electron chi connectivity index (χ4n) is 1.43. The minimum atomic E-state index is -0.398. The fourth-order valence-corrected chi connectivity index (χ4v) is 1.43. The molecule has 0 spiro atoms. The summed E-state index contributed by atoms with van der Waals surface area (Å²) in [5.74, 6) is 1.41. The van der Waals surface area contributed by atoms with Crippen LogP contribution in [0.2, 0.25) is 0 Å². The van der Waals surface area contributed by atoms with Gasteiger partial charge in [0.2, 0.25) is 0 Å². The van der Waals surface area contributed by atoms with E-state index in [1.54, 1.807) is 7.05 Å². The second kappa shape index (κ2) is 6.24. The predicted molar refractivity (Wildman–Crippen MR) is 62.5 cm³/mol. The molecule has 0 aliphatic rings. The number of nitrogens with one attached hydrogen (secondary N) is 2. The van der Waals surface area contributed by atoms with E-state index in [0.29, 0.717) is 5.82 Å². The van der Waals surface area contributed by atoms with Crippen LogP contribution in [-0.4, -0.2) is 46.5 Å². The highest BCUT2D eigenvalue weighted by molar-refractivity contribution is 5.57. The lowest BCUT2D eigenvalue weighted by Gasteiger charge is -2.17. The van der Waals surface area contributed by atoms with Gasteiger partial charge in [-0.1, -0.05) is 6.92 Å². The van der Waals surface area contributed by atoms with Crippen LogP contribution in [0.5, 0.6) is 0 Å². The Labute approximate surface area is 94.7 Å². The van der Waals surface area contributed by atoms with E-state index in [0.717, 1.165) is 17.8 Å². The molecular weight excluding hydrogens is 208 g/mol. The quantitative estimate of drug-likeness (QED) is 0.539. The van der Waals surface area contributed by atoms with Gasteiger partial charge in [-0.05, 0) is 6.42 Å². The summed E-state index contributed by atoms with van der Waals surface area (Å²) >= 11 is 0. The van der Waals surface area contributed by atoms with E-state index in [2.05, 4.69) is 20.6 Å². The maximum absolute atomic E-state index is 9.00. The Bertz CT molecular complexity index is 329. The first-order valence-corrected chi connectivity index (χ1v) is 5.26. The van der Waals surface area contributed by atoms with Crippen molar-refractivity contribution in [3.8, 4) is 0 Å². The first-order valence-electron chi connectivity index (χ1n) is 5.26. The molecule has 0 saturated heterocycles. The summed E-state index contributed by atoms with van der Waals surface area (Å²) in [6, 6.07) is -0.398. The van der Waals surface area contributed by atoms with E-state index in [-0.39, 0.29) is 13.2 Å². The number of rotatable bonds is 6. The highest BCUT2D eigenvalue weighted by Gasteiger charge is 2.12. The van der Waals surface area contributed by atoms with Crippen LogP contribution >= 0.6 is 0 Å². The summed E-state index contributed by atoms with van der Waals surface area (Å²) in [5.41, 5.74) is 0.942. The third-order valence-electron chi connectivity index (χ3n) is 2.32. The summed E-state index contributed by atoms with van der Waals surface area (Å²) in [6.45, 7) is 1.72. The topological polar surface area (TPSA) is 90.3 Å². The molecule has 1 rings (SSSR count). The zero-order valence-electron chi connectivity index (χ0n) is 9.56. The largest absolute Gasteiger partial charge is 0.394 e. The van der Waals surface area contributed by atoms with Crippen LogP contribution in [0.1, 0.15) is 12.5 Å². The summed E-state index contributed by atoms with van der Waals surface area (Å²) in [7, 11) is 1.79. The van der Waals surface area contributed by atoms with Crippen LogP contribution in [0.15, 0.2) is 6.33 Å². The molecule has 4 N–H and O–H groups in total. The second-order valence-electron chi connectivity index (χ2n) is 3.36. The van der Waals surface area contributed by atoms with Gasteiger partial charge >= 0.3 is 0 Å². The number of hydrogen-bond acceptors (Lipinski definition) is 6. The lowest BCUT2D eigenvalue weighted by Crippen LogP contribution is -2.29. The zero-order chi connectivity index (χ0) is 12.0. The van der Waals surface area contributed by atoms with Crippen LogP contribution in [0, 0.1) is 0 Å². The molecule has 0 saturated carbocycles. The van der Waals surface area contributed by atoms with Gasteiger partial charge in [0.1, 0.15) is 18.0 Å². The van der Waals surface area contributed by atoms with E-state index in [1.165, 1.54) is 6.33 Å². The molecule has 0 amide bonds. The van der Waals surface area contributed by atoms with Gasteiger partial charge in [-0.25, -0.2) is 9.97 Å². The van der Waals surface area contributed by atoms with Crippen LogP contribution < -0.4 is 10.6 Å². The molecule has 1 aromatic rings. The molecule has 0 aliphatic heterocycles. The Morgan fingerprint density at radius 1 is 1.25 bits per heavy atom. The van der Waals surface area contributed by atoms with Gasteiger partial charge in [0.25, 0.3) is 0 Å². The maximum Gasteiger partial charge on any atom is 0.135 e. The molecular formula is C10H18N4O2. The molecule has 0 aliphatic carbocycles. The minimum Gasteiger partial charge on any atom is -0.394 e. The summed E-state index contributed by atoms with van der Waals surface area (Å²) in [6.07, 6.45) is 2.21. The van der Waals surface area contributed by atoms with Gasteiger partial charge in [0.05, 0.1) is 19.3 Å². The van der Waals surface area contributed by atoms with Crippen molar-refractivity contribution in [2.75, 3.05) is 30.9 Å². The summed E-state index contributed by atoms with van der Waals surface area (Å²) in [5, 5.41) is 24.0. The van der Waals surface area contributed by atoms with E-state index in [4.69, 9.17) is 10.2 Å². The number of nitrogens with zero attached hydrogens (tertiary/aromatic N) is 2. The van der Waals surface area contributed by atoms with E-state index >= 15 is 0 Å². The number of hydrogen-bond donors (Lipinski definition) is 4. The molecule has 0 atom stereocenters. The van der Waals surface area contributed by atoms with Gasteiger partial charge < -0.3 is 20.8 Å². The molecule has 16 heavy (non-hydrogen) atoms. The monoisotopic (exact) mass is 226 g/mol. The smallest absolute Gasteiger partial charge is 0.135 e. The number of anilines is 2. The third kappa shape index (κ3) is 2.80. The Morgan fingerprint density at radius 2 is 1.88 bits per heavy atom. The van der Waals surface area contributed by atoms with Crippen LogP contribution in [0.4, 0.5) is 11.6 Å². The summed E-state index contributed by atoms with van der Waals surface area (Å²) in [4.78, 5) is 8.21. The van der Waals surface area contributed by atoms with Crippen molar-refractivity contribution >= 4 is 11.6 Å². The van der Waals surface area contributed by atoms with E-state index < -0.39 is 6.04 Å². The molecule has 0 radical (unpaired) electrons. The Balaban J connectivity index is 2.94. The fraction of sp³-hybridized carbons (Fsp3) is 0.600. The highest BCUT2D eigenvalue weighted by atomic mass is 16.3. The maximum atomic E-state index is 9.00. The van der Waals surface area contributed by atoms with Gasteiger partial charge in [-0.3, -0.25) is 0 Å². The molecule has 0 aromatic carbocycles. The van der Waals surface area contributed by atoms with Crippen molar-refractivity contribution < 1.29 is 10.2 Å². The SMILES string of the molecule is CCc1c(NC)ncnc1NC(CO)CO. The normalized spacial score (nSPS) is 10.6. The number of aliphatic hydroxyl groups is 2. The first-order chi connectivity index (χ1) is 7.76. The molecule has 1 heterocycles. The lowest BCUT2D eigenvalue weighted by molar-refractivity contribution is 0.203. The molecule has 90 valence electrons. The van der Waals surface area contributed by atoms with Gasteiger partial charge in [-0.2, -0.15) is 0 Å². The molecule has 6 heteroatoms. The minimum absolute atomic E-state index is 0.140. The average molecular weight is 226 g/mol. The molecule has 0 unspecified atom stereocenters. The zero-order valence-corrected chi connectivity index (χ0v) is 9.56. The van der Waals surface area contributed by atoms with Crippen molar-refractivity contribution in [2.24, 2.45) is 0 Å². The van der Waals surface area contributed by atoms with Crippen molar-refractivity contribution in [1.29, 1.82) is 0 Å². The third-order valence-corrected chi connectivity index (χ3v) is 2.32. The Hall–Kier alpha value is -1.40. The van der Waals surface area contributed by atoms with E-state index in [1.807, 2.05) is 6.92 Å². The van der Waals surface area contributed by atoms with Crippen molar-refractivity contribution in [2.45, 2.75) is 19.4 Å². The average Bonchev–Trinajstić information content (AvgIpc) is 2.35. The number of aliphatic hydroxyl groups excluding tert-OH is 2. The number of aromatic nitrogens is 2. The highest BCUT2D eigenvalue weighted by Crippen LogP contribution is 2.20. The van der Waals surface area contributed by atoms with Crippen molar-refractivity contribution in [3.05, 3.63) is 11.9 Å². The van der Waals surface area contributed by atoms with Crippen LogP contribution in [0.3, 0.4) is 0 Å². The Kier molecular flexibility index (Phi) is 4.94.